The third kappa shape index (κ3) is 8.86. The molecule has 0 aliphatic carbocycles. The largest absolute Gasteiger partial charge is 0.392 e. The summed E-state index contributed by atoms with van der Waals surface area (Å²) >= 11 is 0. The van der Waals surface area contributed by atoms with E-state index < -0.39 is 17.1 Å². The lowest BCUT2D eigenvalue weighted by atomic mass is 9.99. The van der Waals surface area contributed by atoms with Crippen LogP contribution in [-0.4, -0.2) is 70.8 Å². The van der Waals surface area contributed by atoms with Crippen LogP contribution in [0.5, 0.6) is 0 Å². The zero-order valence-corrected chi connectivity index (χ0v) is 25.4. The molecule has 0 radical (unpaired) electrons. The molecule has 3 aromatic rings. The van der Waals surface area contributed by atoms with Crippen LogP contribution >= 0.6 is 0 Å². The first-order valence-electron chi connectivity index (χ1n) is 15.4. The van der Waals surface area contributed by atoms with Gasteiger partial charge in [-0.15, -0.1) is 0 Å². The van der Waals surface area contributed by atoms with Gasteiger partial charge in [0.1, 0.15) is 0 Å². The fourth-order valence-electron chi connectivity index (χ4n) is 5.75. The molecule has 0 aromatic heterocycles. The molecule has 0 saturated carbocycles. The number of hydrogen-bond donors (Lipinski definition) is 4. The number of carbonyl (C=O) groups excluding carboxylic acids is 2. The van der Waals surface area contributed by atoms with E-state index >= 15 is 0 Å². The number of carbonyl (C=O) groups is 2. The van der Waals surface area contributed by atoms with Gasteiger partial charge in [-0.25, -0.2) is 5.48 Å². The number of nitro benzene ring substituents is 1. The molecule has 2 aliphatic rings. The minimum Gasteiger partial charge on any atom is -0.392 e. The molecular weight excluding hydrogens is 594 g/mol. The van der Waals surface area contributed by atoms with E-state index in [-0.39, 0.29) is 43.3 Å². The van der Waals surface area contributed by atoms with Crippen LogP contribution in [0.4, 0.5) is 17.1 Å². The average molecular weight is 634 g/mol. The van der Waals surface area contributed by atoms with Crippen molar-refractivity contribution in [3.63, 3.8) is 0 Å². The highest BCUT2D eigenvalue weighted by Gasteiger charge is 2.34. The molecule has 0 bridgehead atoms. The minimum absolute atomic E-state index is 0.0425. The Kier molecular flexibility index (Phi) is 11.3. The van der Waals surface area contributed by atoms with Gasteiger partial charge in [0.15, 0.2) is 6.29 Å². The summed E-state index contributed by atoms with van der Waals surface area (Å²) < 4.78 is 13.0. The SMILES string of the molecule is O=C(CCCC(=O)Nc1cccc([C@H]2O[C@@H](CN3CCN(c4ccc([N+](=O)[O-])cc4)CC3)C[C@@H](c3ccc(CO)cc3)O2)c1)NO. The molecule has 0 unspecified atom stereocenters. The fourth-order valence-corrected chi connectivity index (χ4v) is 5.75. The zero-order valence-electron chi connectivity index (χ0n) is 25.4. The molecule has 4 N–H and O–H groups in total. The maximum Gasteiger partial charge on any atom is 0.269 e. The van der Waals surface area contributed by atoms with Crippen molar-refractivity contribution in [1.82, 2.24) is 10.4 Å². The molecule has 13 heteroatoms. The van der Waals surface area contributed by atoms with E-state index in [1.807, 2.05) is 42.5 Å². The van der Waals surface area contributed by atoms with E-state index in [0.29, 0.717) is 25.1 Å². The number of aliphatic hydroxyl groups excluding tert-OH is 1. The maximum absolute atomic E-state index is 12.5. The number of ether oxygens (including phenoxy) is 2. The van der Waals surface area contributed by atoms with Gasteiger partial charge in [0.05, 0.1) is 23.7 Å². The molecule has 46 heavy (non-hydrogen) atoms. The number of piperazine rings is 1. The van der Waals surface area contributed by atoms with E-state index in [1.54, 1.807) is 23.7 Å². The highest BCUT2D eigenvalue weighted by atomic mass is 16.7. The van der Waals surface area contributed by atoms with Gasteiger partial charge in [0, 0.05) is 81.1 Å². The number of hydrogen-bond acceptors (Lipinski definition) is 10. The molecule has 3 aromatic carbocycles. The van der Waals surface area contributed by atoms with Crippen molar-refractivity contribution >= 4 is 28.9 Å². The second-order valence-corrected chi connectivity index (χ2v) is 11.5. The minimum atomic E-state index is -0.687. The topological polar surface area (TPSA) is 167 Å². The second-order valence-electron chi connectivity index (χ2n) is 11.5. The van der Waals surface area contributed by atoms with Crippen LogP contribution in [0.15, 0.2) is 72.8 Å². The first-order valence-corrected chi connectivity index (χ1v) is 15.4. The third-order valence-corrected chi connectivity index (χ3v) is 8.25. The van der Waals surface area contributed by atoms with E-state index in [0.717, 1.165) is 48.6 Å². The molecule has 244 valence electrons. The van der Waals surface area contributed by atoms with Gasteiger partial charge in [-0.2, -0.15) is 0 Å². The Morgan fingerprint density at radius 1 is 0.913 bits per heavy atom. The smallest absolute Gasteiger partial charge is 0.269 e. The van der Waals surface area contributed by atoms with Crippen LogP contribution in [0.2, 0.25) is 0 Å². The van der Waals surface area contributed by atoms with E-state index in [1.165, 1.54) is 12.1 Å². The molecule has 13 nitrogen and oxygen atoms in total. The normalized spacial score (nSPS) is 20.2. The van der Waals surface area contributed by atoms with Crippen molar-refractivity contribution in [3.05, 3.63) is 99.6 Å². The molecule has 0 spiro atoms. The Balaban J connectivity index is 1.24. The molecule has 2 amide bonds. The molecule has 3 atom stereocenters. The van der Waals surface area contributed by atoms with Crippen LogP contribution in [0.25, 0.3) is 0 Å². The Hall–Kier alpha value is -4.40. The number of rotatable bonds is 12. The number of aliphatic hydroxyl groups is 1. The molecule has 2 heterocycles. The lowest BCUT2D eigenvalue weighted by molar-refractivity contribution is -0.384. The fraction of sp³-hybridized carbons (Fsp3) is 0.394. The summed E-state index contributed by atoms with van der Waals surface area (Å²) in [5, 5.41) is 32.0. The van der Waals surface area contributed by atoms with E-state index in [2.05, 4.69) is 15.1 Å². The standard InChI is InChI=1S/C33H39N5O8/c39-22-23-7-9-24(10-8-23)30-20-29(21-36-15-17-37(18-16-36)27-11-13-28(14-12-27)38(43)44)45-33(46-30)25-3-1-4-26(19-25)34-31(40)5-2-6-32(41)35-42/h1,3-4,7-14,19,29-30,33,39,42H,2,5-6,15-18,20-22H2,(H,34,40)(H,35,41)/t29-,30+,33+/m1/s1. The summed E-state index contributed by atoms with van der Waals surface area (Å²) in [6, 6.07) is 21.7. The van der Waals surface area contributed by atoms with Gasteiger partial charge in [-0.3, -0.25) is 29.8 Å². The third-order valence-electron chi connectivity index (χ3n) is 8.25. The van der Waals surface area contributed by atoms with Crippen LogP contribution in [-0.2, 0) is 25.7 Å². The number of nitrogens with one attached hydrogen (secondary N) is 2. The van der Waals surface area contributed by atoms with Gasteiger partial charge in [-0.1, -0.05) is 36.4 Å². The summed E-state index contributed by atoms with van der Waals surface area (Å²) in [5.41, 5.74) is 5.72. The van der Waals surface area contributed by atoms with Crippen molar-refractivity contribution < 1.29 is 34.3 Å². The Labute approximate surface area is 266 Å². The first kappa shape index (κ1) is 33.0. The summed E-state index contributed by atoms with van der Waals surface area (Å²) in [6.45, 7) is 3.82. The molecule has 2 aliphatic heterocycles. The first-order chi connectivity index (χ1) is 22.3. The van der Waals surface area contributed by atoms with Crippen LogP contribution < -0.4 is 15.7 Å². The van der Waals surface area contributed by atoms with Crippen LogP contribution in [0.1, 0.15) is 54.8 Å². The van der Waals surface area contributed by atoms with Crippen molar-refractivity contribution in [3.8, 4) is 0 Å². The summed E-state index contributed by atoms with van der Waals surface area (Å²) in [4.78, 5) is 38.9. The summed E-state index contributed by atoms with van der Waals surface area (Å²) in [7, 11) is 0. The molecule has 5 rings (SSSR count). The van der Waals surface area contributed by atoms with Gasteiger partial charge in [0.25, 0.3) is 5.69 Å². The molecule has 2 saturated heterocycles. The lowest BCUT2D eigenvalue weighted by Gasteiger charge is -2.41. The van der Waals surface area contributed by atoms with E-state index in [4.69, 9.17) is 14.7 Å². The van der Waals surface area contributed by atoms with Crippen molar-refractivity contribution in [1.29, 1.82) is 0 Å². The Morgan fingerprint density at radius 3 is 2.30 bits per heavy atom. The second kappa shape index (κ2) is 15.7. The summed E-state index contributed by atoms with van der Waals surface area (Å²) in [6.07, 6.45) is 0.00841. The Morgan fingerprint density at radius 2 is 1.63 bits per heavy atom. The van der Waals surface area contributed by atoms with Crippen LogP contribution in [0.3, 0.4) is 0 Å². The highest BCUT2D eigenvalue weighted by molar-refractivity contribution is 5.91. The Bertz CT molecular complexity index is 1480. The number of nitro groups is 1. The van der Waals surface area contributed by atoms with Crippen LogP contribution in [0, 0.1) is 10.1 Å². The molecular formula is C33H39N5O8. The average Bonchev–Trinajstić information content (AvgIpc) is 3.08. The zero-order chi connectivity index (χ0) is 32.5. The van der Waals surface area contributed by atoms with Crippen molar-refractivity contribution in [2.75, 3.05) is 42.9 Å². The predicted octanol–water partition coefficient (Wildman–Crippen LogP) is 4.07. The number of amides is 2. The van der Waals surface area contributed by atoms with Gasteiger partial charge in [-0.05, 0) is 41.8 Å². The summed E-state index contributed by atoms with van der Waals surface area (Å²) in [5.74, 6) is -0.788. The number of hydroxylamine groups is 1. The van der Waals surface area contributed by atoms with Gasteiger partial charge in [0.2, 0.25) is 11.8 Å². The quantitative estimate of drug-likeness (QED) is 0.130. The highest BCUT2D eigenvalue weighted by Crippen LogP contribution is 2.39. The number of nitrogens with zero attached hydrogens (tertiary/aromatic N) is 3. The lowest BCUT2D eigenvalue weighted by Crippen LogP contribution is -2.49. The number of benzene rings is 3. The predicted molar refractivity (Wildman–Crippen MR) is 169 cm³/mol. The van der Waals surface area contributed by atoms with Gasteiger partial charge >= 0.3 is 0 Å². The van der Waals surface area contributed by atoms with Crippen molar-refractivity contribution in [2.45, 2.75) is 50.8 Å². The van der Waals surface area contributed by atoms with E-state index in [9.17, 15) is 24.8 Å². The van der Waals surface area contributed by atoms with Gasteiger partial charge < -0.3 is 24.8 Å². The number of anilines is 2. The monoisotopic (exact) mass is 633 g/mol. The number of non-ortho nitro benzene ring substituents is 1. The maximum atomic E-state index is 12.5. The van der Waals surface area contributed by atoms with Crippen molar-refractivity contribution in [2.24, 2.45) is 0 Å². The molecule has 2 fully saturated rings.